The van der Waals surface area contributed by atoms with Crippen molar-refractivity contribution in [2.75, 3.05) is 6.54 Å². The molecule has 6 nitrogen and oxygen atoms in total. The number of amides is 1. The molecule has 0 saturated carbocycles. The summed E-state index contributed by atoms with van der Waals surface area (Å²) in [6.45, 7) is 8.97. The SMILES string of the molecule is CCN/C=C1/C=C(NC(=O)OCc2sc(-c3ccc(C)cc3C)nc2C)C=CC1=N. The van der Waals surface area contributed by atoms with E-state index in [1.807, 2.05) is 13.8 Å². The van der Waals surface area contributed by atoms with E-state index in [-0.39, 0.29) is 6.61 Å². The Morgan fingerprint density at radius 1 is 1.27 bits per heavy atom. The minimum absolute atomic E-state index is 0.160. The van der Waals surface area contributed by atoms with Crippen molar-refractivity contribution in [3.63, 3.8) is 0 Å². The number of nitrogens with zero attached hydrogens (tertiary/aromatic N) is 1. The van der Waals surface area contributed by atoms with Crippen molar-refractivity contribution in [2.45, 2.75) is 34.3 Å². The predicted octanol–water partition coefficient (Wildman–Crippen LogP) is 4.93. The zero-order chi connectivity index (χ0) is 21.7. The van der Waals surface area contributed by atoms with Gasteiger partial charge in [0.25, 0.3) is 0 Å². The molecule has 0 aliphatic heterocycles. The Morgan fingerprint density at radius 2 is 2.07 bits per heavy atom. The van der Waals surface area contributed by atoms with E-state index in [2.05, 4.69) is 47.7 Å². The summed E-state index contributed by atoms with van der Waals surface area (Å²) < 4.78 is 5.41. The van der Waals surface area contributed by atoms with Crippen molar-refractivity contribution in [1.82, 2.24) is 15.6 Å². The number of alkyl carbamates (subject to hydrolysis) is 1. The Bertz CT molecular complexity index is 1060. The zero-order valence-electron chi connectivity index (χ0n) is 17.6. The van der Waals surface area contributed by atoms with Crippen molar-refractivity contribution < 1.29 is 9.53 Å². The van der Waals surface area contributed by atoms with Gasteiger partial charge < -0.3 is 15.5 Å². The van der Waals surface area contributed by atoms with Gasteiger partial charge in [-0.1, -0.05) is 23.8 Å². The highest BCUT2D eigenvalue weighted by atomic mass is 32.1. The van der Waals surface area contributed by atoms with Crippen LogP contribution in [0.5, 0.6) is 0 Å². The number of allylic oxidation sites excluding steroid dienone is 4. The molecule has 1 aromatic heterocycles. The molecule has 156 valence electrons. The van der Waals surface area contributed by atoms with Gasteiger partial charge in [-0.05, 0) is 51.5 Å². The molecule has 0 radical (unpaired) electrons. The van der Waals surface area contributed by atoms with Gasteiger partial charge in [-0.3, -0.25) is 5.32 Å². The maximum atomic E-state index is 12.3. The smallest absolute Gasteiger partial charge is 0.411 e. The van der Waals surface area contributed by atoms with E-state index in [1.54, 1.807) is 35.8 Å². The van der Waals surface area contributed by atoms with Gasteiger partial charge in [-0.25, -0.2) is 9.78 Å². The molecule has 2 aromatic rings. The lowest BCUT2D eigenvalue weighted by Crippen LogP contribution is -2.24. The van der Waals surface area contributed by atoms with Crippen LogP contribution in [0, 0.1) is 26.2 Å². The average Bonchev–Trinajstić information content (AvgIpc) is 3.07. The number of nitrogens with one attached hydrogen (secondary N) is 3. The third-order valence-corrected chi connectivity index (χ3v) is 5.76. The molecule has 0 bridgehead atoms. The van der Waals surface area contributed by atoms with Crippen LogP contribution in [0.1, 0.15) is 28.6 Å². The van der Waals surface area contributed by atoms with Gasteiger partial charge in [0.1, 0.15) is 11.6 Å². The molecular weight excluding hydrogens is 396 g/mol. The maximum absolute atomic E-state index is 12.3. The molecule has 1 aliphatic carbocycles. The van der Waals surface area contributed by atoms with Crippen molar-refractivity contribution in [3.05, 3.63) is 75.6 Å². The van der Waals surface area contributed by atoms with Gasteiger partial charge >= 0.3 is 6.09 Å². The first-order valence-electron chi connectivity index (χ1n) is 9.77. The second kappa shape index (κ2) is 9.54. The third-order valence-electron chi connectivity index (χ3n) is 4.60. The summed E-state index contributed by atoms with van der Waals surface area (Å²) in [6.07, 6.45) is 6.28. The fourth-order valence-corrected chi connectivity index (χ4v) is 4.05. The number of rotatable bonds is 6. The lowest BCUT2D eigenvalue weighted by Gasteiger charge is -2.12. The Balaban J connectivity index is 1.63. The monoisotopic (exact) mass is 422 g/mol. The van der Waals surface area contributed by atoms with Crippen LogP contribution in [0.3, 0.4) is 0 Å². The first kappa shape index (κ1) is 21.5. The molecule has 0 atom stereocenters. The lowest BCUT2D eigenvalue weighted by atomic mass is 10.0. The number of benzene rings is 1. The molecule has 0 saturated heterocycles. The molecule has 7 heteroatoms. The van der Waals surface area contributed by atoms with Crippen LogP contribution >= 0.6 is 11.3 Å². The fourth-order valence-electron chi connectivity index (χ4n) is 2.99. The summed E-state index contributed by atoms with van der Waals surface area (Å²) in [5.74, 6) is 0. The Kier molecular flexibility index (Phi) is 6.84. The fraction of sp³-hybridized carbons (Fsp3) is 0.261. The van der Waals surface area contributed by atoms with Crippen LogP contribution in [-0.2, 0) is 11.3 Å². The molecule has 1 amide bonds. The summed E-state index contributed by atoms with van der Waals surface area (Å²) in [5, 5.41) is 14.6. The maximum Gasteiger partial charge on any atom is 0.411 e. The Morgan fingerprint density at radius 3 is 2.80 bits per heavy atom. The summed E-state index contributed by atoms with van der Waals surface area (Å²) in [6, 6.07) is 6.30. The van der Waals surface area contributed by atoms with Crippen molar-refractivity contribution in [3.8, 4) is 10.6 Å². The highest BCUT2D eigenvalue weighted by Gasteiger charge is 2.14. The first-order valence-corrected chi connectivity index (χ1v) is 10.6. The van der Waals surface area contributed by atoms with Crippen LogP contribution in [0.15, 0.2) is 53.9 Å². The number of hydrogen-bond donors (Lipinski definition) is 3. The number of thiazole rings is 1. The average molecular weight is 423 g/mol. The minimum Gasteiger partial charge on any atom is -0.444 e. The topological polar surface area (TPSA) is 87.1 Å². The quantitative estimate of drug-likeness (QED) is 0.616. The number of aromatic nitrogens is 1. The normalized spacial score (nSPS) is 14.6. The largest absolute Gasteiger partial charge is 0.444 e. The van der Waals surface area contributed by atoms with Crippen LogP contribution in [0.2, 0.25) is 0 Å². The number of ether oxygens (including phenoxy) is 1. The second-order valence-corrected chi connectivity index (χ2v) is 8.13. The Labute approximate surface area is 180 Å². The summed E-state index contributed by atoms with van der Waals surface area (Å²) in [4.78, 5) is 17.8. The van der Waals surface area contributed by atoms with Gasteiger partial charge in [0, 0.05) is 29.6 Å². The van der Waals surface area contributed by atoms with Gasteiger partial charge in [0.15, 0.2) is 0 Å². The summed E-state index contributed by atoms with van der Waals surface area (Å²) >= 11 is 1.54. The van der Waals surface area contributed by atoms with Crippen LogP contribution in [-0.4, -0.2) is 23.3 Å². The Hall–Kier alpha value is -3.19. The van der Waals surface area contributed by atoms with Crippen molar-refractivity contribution in [2.24, 2.45) is 0 Å². The van der Waals surface area contributed by atoms with E-state index < -0.39 is 6.09 Å². The minimum atomic E-state index is -0.539. The molecular formula is C23H26N4O2S. The number of carbonyl (C=O) groups excluding carboxylic acids is 1. The summed E-state index contributed by atoms with van der Waals surface area (Å²) in [5.41, 5.74) is 6.02. The highest BCUT2D eigenvalue weighted by molar-refractivity contribution is 7.15. The van der Waals surface area contributed by atoms with Gasteiger partial charge in [-0.2, -0.15) is 0 Å². The van der Waals surface area contributed by atoms with Crippen molar-refractivity contribution >= 4 is 23.1 Å². The second-order valence-electron chi connectivity index (χ2n) is 7.05. The molecule has 30 heavy (non-hydrogen) atoms. The highest BCUT2D eigenvalue weighted by Crippen LogP contribution is 2.31. The molecule has 3 N–H and O–H groups in total. The molecule has 3 rings (SSSR count). The molecule has 1 heterocycles. The molecule has 0 spiro atoms. The number of aryl methyl sites for hydroxylation is 3. The van der Waals surface area contributed by atoms with E-state index in [4.69, 9.17) is 10.1 Å². The molecule has 0 fully saturated rings. The standard InChI is InChI=1S/C23H26N4O2S/c1-5-25-12-17-11-18(7-9-20(17)24)27-23(28)29-13-21-16(4)26-22(30-21)19-8-6-14(2)10-15(19)3/h6-12,24-25H,5,13H2,1-4H3,(H,27,28)/b17-12-,24-20?. The lowest BCUT2D eigenvalue weighted by molar-refractivity contribution is 0.143. The predicted molar refractivity (Wildman–Crippen MR) is 122 cm³/mol. The van der Waals surface area contributed by atoms with Gasteiger partial charge in [0.2, 0.25) is 0 Å². The third kappa shape index (κ3) is 5.24. The number of hydrogen-bond acceptors (Lipinski definition) is 6. The van der Waals surface area contributed by atoms with Crippen molar-refractivity contribution in [1.29, 1.82) is 5.41 Å². The van der Waals surface area contributed by atoms with Crippen LogP contribution in [0.4, 0.5) is 4.79 Å². The van der Waals surface area contributed by atoms with Crippen LogP contribution in [0.25, 0.3) is 10.6 Å². The molecule has 1 aromatic carbocycles. The van der Waals surface area contributed by atoms with Gasteiger partial charge in [0.05, 0.1) is 16.3 Å². The van der Waals surface area contributed by atoms with Gasteiger partial charge in [-0.15, -0.1) is 11.3 Å². The van der Waals surface area contributed by atoms with E-state index >= 15 is 0 Å². The van der Waals surface area contributed by atoms with E-state index in [0.29, 0.717) is 17.0 Å². The summed E-state index contributed by atoms with van der Waals surface area (Å²) in [7, 11) is 0. The zero-order valence-corrected chi connectivity index (χ0v) is 18.4. The first-order chi connectivity index (χ1) is 14.4. The van der Waals surface area contributed by atoms with E-state index in [0.717, 1.165) is 27.7 Å². The number of carbonyl (C=O) groups is 1. The molecule has 1 aliphatic rings. The van der Waals surface area contributed by atoms with Crippen LogP contribution < -0.4 is 10.6 Å². The molecule has 0 unspecified atom stereocenters. The van der Waals surface area contributed by atoms with E-state index in [1.165, 1.54) is 11.1 Å². The van der Waals surface area contributed by atoms with E-state index in [9.17, 15) is 4.79 Å².